The van der Waals surface area contributed by atoms with Crippen LogP contribution in [0.4, 0.5) is 0 Å². The molecule has 1 aliphatic rings. The van der Waals surface area contributed by atoms with Gasteiger partial charge < -0.3 is 31.5 Å². The van der Waals surface area contributed by atoms with Crippen molar-refractivity contribution in [1.82, 2.24) is 16.0 Å². The van der Waals surface area contributed by atoms with Gasteiger partial charge in [0.05, 0.1) is 0 Å². The third kappa shape index (κ3) is 7.84. The normalized spacial score (nSPS) is 19.8. The van der Waals surface area contributed by atoms with Crippen LogP contribution in [0.5, 0.6) is 0 Å². The number of ether oxygens (including phenoxy) is 1. The second-order valence-electron chi connectivity index (χ2n) is 6.34. The zero-order valence-corrected chi connectivity index (χ0v) is 14.5. The Morgan fingerprint density at radius 1 is 1.16 bits per heavy atom. The lowest BCUT2D eigenvalue weighted by atomic mass is 10.0. The first kappa shape index (κ1) is 20.7. The van der Waals surface area contributed by atoms with Crippen molar-refractivity contribution in [3.63, 3.8) is 0 Å². The van der Waals surface area contributed by atoms with Gasteiger partial charge in [0.25, 0.3) is 5.91 Å². The van der Waals surface area contributed by atoms with E-state index in [4.69, 9.17) is 21.0 Å². The van der Waals surface area contributed by atoms with Crippen LogP contribution in [0.15, 0.2) is 0 Å². The number of aliphatic carboxylic acids is 1. The molecule has 0 aliphatic carbocycles. The Bertz CT molecular complexity index is 511. The highest BCUT2D eigenvalue weighted by atomic mass is 16.6. The smallest absolute Gasteiger partial charge is 0.336 e. The molecule has 7 N–H and O–H groups in total. The summed E-state index contributed by atoms with van der Waals surface area (Å²) in [5.41, 5.74) is 5.16. The van der Waals surface area contributed by atoms with Gasteiger partial charge >= 0.3 is 5.97 Å². The van der Waals surface area contributed by atoms with Crippen molar-refractivity contribution < 1.29 is 24.2 Å². The zero-order valence-electron chi connectivity index (χ0n) is 14.5. The molecule has 0 aromatic heterocycles. The third-order valence-electron chi connectivity index (χ3n) is 3.55. The molecule has 1 aliphatic heterocycles. The van der Waals surface area contributed by atoms with Crippen molar-refractivity contribution in [3.8, 4) is 0 Å². The summed E-state index contributed by atoms with van der Waals surface area (Å²) in [6.45, 7) is 4.83. The van der Waals surface area contributed by atoms with Crippen LogP contribution < -0.4 is 21.7 Å². The maximum atomic E-state index is 12.3. The first-order chi connectivity index (χ1) is 11.7. The highest BCUT2D eigenvalue weighted by molar-refractivity contribution is 5.95. The fourth-order valence-electron chi connectivity index (χ4n) is 2.26. The summed E-state index contributed by atoms with van der Waals surface area (Å²) in [5, 5.41) is 23.8. The molecule has 2 amide bonds. The number of carboxylic acids is 1. The molecular weight excluding hydrogens is 330 g/mol. The van der Waals surface area contributed by atoms with Crippen molar-refractivity contribution in [2.45, 2.75) is 51.4 Å². The van der Waals surface area contributed by atoms with Crippen molar-refractivity contribution in [2.24, 2.45) is 11.7 Å². The zero-order chi connectivity index (χ0) is 19.0. The molecule has 3 atom stereocenters. The molecule has 10 nitrogen and oxygen atoms in total. The summed E-state index contributed by atoms with van der Waals surface area (Å²) >= 11 is 0. The van der Waals surface area contributed by atoms with Crippen molar-refractivity contribution in [3.05, 3.63) is 0 Å². The van der Waals surface area contributed by atoms with Gasteiger partial charge in [-0.15, -0.1) is 0 Å². The summed E-state index contributed by atoms with van der Waals surface area (Å²) < 4.78 is 4.79. The average Bonchev–Trinajstić information content (AvgIpc) is 3.29. The molecule has 1 unspecified atom stereocenters. The van der Waals surface area contributed by atoms with Crippen LogP contribution >= 0.6 is 0 Å². The number of rotatable bonds is 11. The number of guanidine groups is 1. The minimum atomic E-state index is -1.19. The minimum Gasteiger partial charge on any atom is -0.479 e. The summed E-state index contributed by atoms with van der Waals surface area (Å²) in [7, 11) is 0. The number of amides is 2. The summed E-state index contributed by atoms with van der Waals surface area (Å²) in [6, 6.07) is -0.735. The van der Waals surface area contributed by atoms with E-state index in [-0.39, 0.29) is 17.8 Å². The van der Waals surface area contributed by atoms with E-state index < -0.39 is 30.1 Å². The Kier molecular flexibility index (Phi) is 8.12. The van der Waals surface area contributed by atoms with Crippen LogP contribution in [0.1, 0.15) is 33.1 Å². The molecule has 25 heavy (non-hydrogen) atoms. The molecule has 0 saturated carbocycles. The second-order valence-corrected chi connectivity index (χ2v) is 6.34. The van der Waals surface area contributed by atoms with Crippen LogP contribution in [0.3, 0.4) is 0 Å². The molecule has 1 saturated heterocycles. The molecule has 0 aromatic rings. The van der Waals surface area contributed by atoms with Crippen molar-refractivity contribution in [1.29, 1.82) is 5.41 Å². The number of nitrogens with two attached hydrogens (primary N) is 1. The molecule has 1 fully saturated rings. The SMILES string of the molecule is CC(C)C[C@H](NC(=O)C1O[C@@H]1C(=O)O)C(=O)NCCCCNC(=N)N. The molecule has 0 radical (unpaired) electrons. The van der Waals surface area contributed by atoms with Gasteiger partial charge in [0.1, 0.15) is 6.04 Å². The highest BCUT2D eigenvalue weighted by Gasteiger charge is 2.51. The number of carbonyl (C=O) groups is 3. The van der Waals surface area contributed by atoms with E-state index in [1.807, 2.05) is 13.8 Å². The Balaban J connectivity index is 2.38. The van der Waals surface area contributed by atoms with Gasteiger partial charge in [0.15, 0.2) is 18.2 Å². The number of nitrogens with one attached hydrogen (secondary N) is 4. The number of epoxide rings is 1. The molecule has 1 heterocycles. The van der Waals surface area contributed by atoms with Crippen LogP contribution in [0.25, 0.3) is 0 Å². The fraction of sp³-hybridized carbons (Fsp3) is 0.733. The topological polar surface area (TPSA) is 170 Å². The number of unbranched alkanes of at least 4 members (excludes halogenated alkanes) is 1. The first-order valence-electron chi connectivity index (χ1n) is 8.26. The molecule has 1 rings (SSSR count). The predicted octanol–water partition coefficient (Wildman–Crippen LogP) is -1.25. The largest absolute Gasteiger partial charge is 0.479 e. The molecule has 0 spiro atoms. The molecule has 0 bridgehead atoms. The first-order valence-corrected chi connectivity index (χ1v) is 8.26. The summed E-state index contributed by atoms with van der Waals surface area (Å²) in [6.07, 6.45) is -0.291. The quantitative estimate of drug-likeness (QED) is 0.116. The maximum Gasteiger partial charge on any atom is 0.336 e. The van der Waals surface area contributed by atoms with Crippen molar-refractivity contribution >= 4 is 23.7 Å². The van der Waals surface area contributed by atoms with Crippen LogP contribution in [-0.4, -0.2) is 60.2 Å². The van der Waals surface area contributed by atoms with Gasteiger partial charge in [-0.3, -0.25) is 15.0 Å². The lowest BCUT2D eigenvalue weighted by Gasteiger charge is -2.20. The van der Waals surface area contributed by atoms with Gasteiger partial charge in [-0.25, -0.2) is 4.79 Å². The second kappa shape index (κ2) is 9.82. The number of carboxylic acid groups (broad SMARTS) is 1. The van der Waals surface area contributed by atoms with Crippen LogP contribution in [-0.2, 0) is 19.1 Å². The highest BCUT2D eigenvalue weighted by Crippen LogP contribution is 2.22. The predicted molar refractivity (Wildman–Crippen MR) is 89.8 cm³/mol. The van der Waals surface area contributed by atoms with Gasteiger partial charge in [0, 0.05) is 13.1 Å². The summed E-state index contributed by atoms with van der Waals surface area (Å²) in [4.78, 5) is 35.0. The third-order valence-corrected chi connectivity index (χ3v) is 3.55. The molecular formula is C15H27N5O5. The monoisotopic (exact) mass is 357 g/mol. The molecule has 0 aromatic carbocycles. The lowest BCUT2D eigenvalue weighted by molar-refractivity contribution is -0.138. The minimum absolute atomic E-state index is 0.0919. The maximum absolute atomic E-state index is 12.3. The van der Waals surface area contributed by atoms with E-state index in [1.165, 1.54) is 0 Å². The number of hydrogen-bond acceptors (Lipinski definition) is 5. The fourth-order valence-corrected chi connectivity index (χ4v) is 2.26. The van der Waals surface area contributed by atoms with Crippen molar-refractivity contribution in [2.75, 3.05) is 13.1 Å². The Morgan fingerprint density at radius 2 is 1.76 bits per heavy atom. The number of hydrogen-bond donors (Lipinski definition) is 6. The molecule has 142 valence electrons. The lowest BCUT2D eigenvalue weighted by Crippen LogP contribution is -2.49. The Morgan fingerprint density at radius 3 is 2.24 bits per heavy atom. The average molecular weight is 357 g/mol. The van der Waals surface area contributed by atoms with Gasteiger partial charge in [-0.1, -0.05) is 13.8 Å². The standard InChI is InChI=1S/C15H27N5O5/c1-8(2)7-9(20-13(22)10-11(25-10)14(23)24)12(21)18-5-3-4-6-19-15(16)17/h8-11H,3-7H2,1-2H3,(H,18,21)(H,20,22)(H,23,24)(H4,16,17,19)/t9-,10?,11-/m0/s1. The van der Waals surface area contributed by atoms with Gasteiger partial charge in [-0.2, -0.15) is 0 Å². The number of carbonyl (C=O) groups excluding carboxylic acids is 2. The van der Waals surface area contributed by atoms with E-state index in [0.717, 1.165) is 6.42 Å². The van der Waals surface area contributed by atoms with E-state index in [0.29, 0.717) is 25.9 Å². The van der Waals surface area contributed by atoms with E-state index in [9.17, 15) is 14.4 Å². The van der Waals surface area contributed by atoms with Crippen LogP contribution in [0.2, 0.25) is 0 Å². The Hall–Kier alpha value is -2.36. The van der Waals surface area contributed by atoms with E-state index in [2.05, 4.69) is 16.0 Å². The summed E-state index contributed by atoms with van der Waals surface area (Å²) in [5.74, 6) is -2.01. The van der Waals surface area contributed by atoms with Gasteiger partial charge in [0.2, 0.25) is 5.91 Å². The van der Waals surface area contributed by atoms with E-state index in [1.54, 1.807) is 0 Å². The van der Waals surface area contributed by atoms with E-state index >= 15 is 0 Å². The molecule has 10 heteroatoms. The van der Waals surface area contributed by atoms with Gasteiger partial charge in [-0.05, 0) is 25.2 Å². The Labute approximate surface area is 146 Å². The van der Waals surface area contributed by atoms with Crippen LogP contribution in [0, 0.1) is 11.3 Å².